The van der Waals surface area contributed by atoms with Gasteiger partial charge in [-0.05, 0) is 95.6 Å². The highest BCUT2D eigenvalue weighted by molar-refractivity contribution is 6.26. The Labute approximate surface area is 351 Å². The first-order valence-corrected chi connectivity index (χ1v) is 20.4. The lowest BCUT2D eigenvalue weighted by molar-refractivity contribution is 1.17. The maximum absolute atomic E-state index is 9.64. The largest absolute Gasteiger partial charge is 0.309 e. The molecule has 0 radical (unpaired) electrons. The zero-order valence-corrected chi connectivity index (χ0v) is 32.8. The minimum Gasteiger partial charge on any atom is -0.309 e. The second-order valence-electron chi connectivity index (χ2n) is 15.5. The molecule has 0 amide bonds. The van der Waals surface area contributed by atoms with Crippen LogP contribution in [0.2, 0.25) is 0 Å². The summed E-state index contributed by atoms with van der Waals surface area (Å²) in [7, 11) is 0. The Bertz CT molecular complexity index is 3780. The van der Waals surface area contributed by atoms with E-state index in [2.05, 4.69) is 201 Å². The number of benzene rings is 9. The van der Waals surface area contributed by atoms with Gasteiger partial charge in [0.1, 0.15) is 0 Å². The van der Waals surface area contributed by atoms with Crippen molar-refractivity contribution in [3.05, 3.63) is 217 Å². The molecule has 0 unspecified atom stereocenters. The number of para-hydroxylation sites is 4. The van der Waals surface area contributed by atoms with E-state index in [0.29, 0.717) is 11.3 Å². The Kier molecular flexibility index (Phi) is 7.59. The van der Waals surface area contributed by atoms with E-state index in [0.717, 1.165) is 72.2 Å². The molecule has 0 saturated carbocycles. The van der Waals surface area contributed by atoms with Gasteiger partial charge in [0.25, 0.3) is 0 Å². The molecule has 0 atom stereocenters. The van der Waals surface area contributed by atoms with Crippen molar-refractivity contribution >= 4 is 71.1 Å². The van der Waals surface area contributed by atoms with Gasteiger partial charge in [-0.25, -0.2) is 4.85 Å². The van der Waals surface area contributed by atoms with Gasteiger partial charge in [-0.1, -0.05) is 121 Å². The van der Waals surface area contributed by atoms with Crippen molar-refractivity contribution < 1.29 is 0 Å². The standard InChI is InChI=1S/C56H33N5/c1-58-48-32-36(35-57)24-27-41(48)38-25-29-52(46(33-38)37-14-4-2-5-15-37)61-53-30-26-40(60-49-21-11-8-18-42(49)43-19-9-12-22-50(43)60)34-47(53)44-28-31-54-55(56(44)61)45-20-10-13-23-51(45)59(54)39-16-6-3-7-17-39/h2-34H. The Morgan fingerprint density at radius 3 is 1.72 bits per heavy atom. The monoisotopic (exact) mass is 775 g/mol. The van der Waals surface area contributed by atoms with Crippen LogP contribution in [-0.2, 0) is 0 Å². The number of hydrogen-bond donors (Lipinski definition) is 0. The van der Waals surface area contributed by atoms with Gasteiger partial charge in [0.15, 0.2) is 5.69 Å². The Hall–Kier alpha value is -8.64. The molecule has 5 nitrogen and oxygen atoms in total. The number of fused-ring (bicyclic) bond motifs is 10. The molecule has 0 spiro atoms. The number of rotatable bonds is 5. The van der Waals surface area contributed by atoms with Crippen molar-refractivity contribution in [2.24, 2.45) is 0 Å². The van der Waals surface area contributed by atoms with E-state index in [9.17, 15) is 5.26 Å². The van der Waals surface area contributed by atoms with Crippen LogP contribution in [0.3, 0.4) is 0 Å². The Balaban J connectivity index is 1.23. The third-order valence-corrected chi connectivity index (χ3v) is 12.3. The topological polar surface area (TPSA) is 42.9 Å². The molecule has 0 aliphatic rings. The van der Waals surface area contributed by atoms with Gasteiger partial charge < -0.3 is 13.7 Å². The summed E-state index contributed by atoms with van der Waals surface area (Å²) in [4.78, 5) is 3.86. The fourth-order valence-corrected chi connectivity index (χ4v) is 9.68. The highest BCUT2D eigenvalue weighted by Crippen LogP contribution is 2.45. The normalized spacial score (nSPS) is 11.6. The maximum Gasteiger partial charge on any atom is 0.196 e. The SMILES string of the molecule is [C-]#[N+]c1cc(C#N)ccc1-c1ccc(-n2c3ccc(-n4c5ccccc5c5ccccc54)cc3c3ccc4c(c5ccccc5n4-c4ccccc4)c32)c(-c2ccccc2)c1. The number of nitrogens with zero attached hydrogens (tertiary/aromatic N) is 5. The predicted molar refractivity (Wildman–Crippen MR) is 251 cm³/mol. The van der Waals surface area contributed by atoms with E-state index in [1.165, 1.54) is 32.6 Å². The third-order valence-electron chi connectivity index (χ3n) is 12.3. The molecule has 3 heterocycles. The smallest absolute Gasteiger partial charge is 0.196 e. The van der Waals surface area contributed by atoms with E-state index in [1.807, 2.05) is 12.1 Å². The second-order valence-corrected chi connectivity index (χ2v) is 15.5. The molecule has 3 aromatic heterocycles. The lowest BCUT2D eigenvalue weighted by atomic mass is 9.95. The van der Waals surface area contributed by atoms with Crippen LogP contribution in [0.1, 0.15) is 5.56 Å². The highest BCUT2D eigenvalue weighted by atomic mass is 15.0. The van der Waals surface area contributed by atoms with Gasteiger partial charge >= 0.3 is 0 Å². The van der Waals surface area contributed by atoms with Gasteiger partial charge in [-0.15, -0.1) is 0 Å². The van der Waals surface area contributed by atoms with Crippen LogP contribution >= 0.6 is 0 Å². The lowest BCUT2D eigenvalue weighted by Gasteiger charge is -2.17. The summed E-state index contributed by atoms with van der Waals surface area (Å²) in [6.45, 7) is 8.03. The predicted octanol–water partition coefficient (Wildman–Crippen LogP) is 14.7. The van der Waals surface area contributed by atoms with Gasteiger partial charge in [0.05, 0.1) is 51.4 Å². The number of hydrogen-bond acceptors (Lipinski definition) is 1. The molecule has 12 aromatic rings. The summed E-state index contributed by atoms with van der Waals surface area (Å²) in [6, 6.07) is 72.8. The summed E-state index contributed by atoms with van der Waals surface area (Å²) in [5.74, 6) is 0. The lowest BCUT2D eigenvalue weighted by Crippen LogP contribution is -1.99. The number of aromatic nitrogens is 3. The zero-order valence-electron chi connectivity index (χ0n) is 32.8. The van der Waals surface area contributed by atoms with E-state index in [-0.39, 0.29) is 0 Å². The van der Waals surface area contributed by atoms with E-state index in [1.54, 1.807) is 12.1 Å². The highest BCUT2D eigenvalue weighted by Gasteiger charge is 2.24. The first kappa shape index (κ1) is 34.4. The van der Waals surface area contributed by atoms with Crippen LogP contribution in [-0.4, -0.2) is 13.7 Å². The molecule has 0 saturated heterocycles. The van der Waals surface area contributed by atoms with E-state index in [4.69, 9.17) is 6.57 Å². The van der Waals surface area contributed by atoms with Crippen molar-refractivity contribution in [2.75, 3.05) is 0 Å². The maximum atomic E-state index is 9.64. The van der Waals surface area contributed by atoms with Crippen LogP contribution in [0.5, 0.6) is 0 Å². The molecule has 9 aromatic carbocycles. The van der Waals surface area contributed by atoms with Crippen LogP contribution < -0.4 is 0 Å². The molecule has 0 aliphatic heterocycles. The third kappa shape index (κ3) is 5.12. The van der Waals surface area contributed by atoms with Crippen molar-refractivity contribution in [2.45, 2.75) is 0 Å². The summed E-state index contributed by atoms with van der Waals surface area (Å²) < 4.78 is 7.24. The first-order valence-electron chi connectivity index (χ1n) is 20.4. The molecule has 282 valence electrons. The minimum absolute atomic E-state index is 0.454. The molecular formula is C56H33N5. The van der Waals surface area contributed by atoms with Crippen LogP contribution in [0.4, 0.5) is 5.69 Å². The summed E-state index contributed by atoms with van der Waals surface area (Å²) >= 11 is 0. The summed E-state index contributed by atoms with van der Waals surface area (Å²) in [5, 5.41) is 16.8. The molecule has 0 aliphatic carbocycles. The fraction of sp³-hybridized carbons (Fsp3) is 0. The fourth-order valence-electron chi connectivity index (χ4n) is 9.68. The average Bonchev–Trinajstić information content (AvgIpc) is 3.97. The summed E-state index contributed by atoms with van der Waals surface area (Å²) in [6.07, 6.45) is 0. The van der Waals surface area contributed by atoms with Gasteiger partial charge in [-0.2, -0.15) is 5.26 Å². The second kappa shape index (κ2) is 13.5. The molecule has 5 heteroatoms. The Morgan fingerprint density at radius 1 is 0.410 bits per heavy atom. The molecule has 61 heavy (non-hydrogen) atoms. The average molecular weight is 776 g/mol. The van der Waals surface area contributed by atoms with Crippen molar-refractivity contribution in [1.29, 1.82) is 5.26 Å². The van der Waals surface area contributed by atoms with Crippen LogP contribution in [0, 0.1) is 17.9 Å². The minimum atomic E-state index is 0.454. The van der Waals surface area contributed by atoms with Crippen LogP contribution in [0.25, 0.3) is 110 Å². The van der Waals surface area contributed by atoms with Crippen LogP contribution in [0.15, 0.2) is 200 Å². The first-order chi connectivity index (χ1) is 30.2. The summed E-state index contributed by atoms with van der Waals surface area (Å²) in [5.41, 5.74) is 14.8. The molecular weight excluding hydrogens is 743 g/mol. The number of nitriles is 1. The molecule has 0 bridgehead atoms. The van der Waals surface area contributed by atoms with Crippen molar-refractivity contribution in [3.8, 4) is 45.4 Å². The van der Waals surface area contributed by atoms with Gasteiger partial charge in [-0.3, -0.25) is 0 Å². The molecule has 0 N–H and O–H groups in total. The van der Waals surface area contributed by atoms with Crippen molar-refractivity contribution in [3.63, 3.8) is 0 Å². The zero-order chi connectivity index (χ0) is 40.6. The van der Waals surface area contributed by atoms with Gasteiger partial charge in [0, 0.05) is 54.8 Å². The van der Waals surface area contributed by atoms with Gasteiger partial charge in [0.2, 0.25) is 0 Å². The van der Waals surface area contributed by atoms with E-state index >= 15 is 0 Å². The Morgan fingerprint density at radius 2 is 1.02 bits per heavy atom. The van der Waals surface area contributed by atoms with E-state index < -0.39 is 0 Å². The molecule has 0 fully saturated rings. The quantitative estimate of drug-likeness (QED) is 0.161. The molecule has 12 rings (SSSR count). The van der Waals surface area contributed by atoms with Crippen molar-refractivity contribution in [1.82, 2.24) is 13.7 Å².